The Morgan fingerprint density at radius 3 is 2.80 bits per heavy atom. The molecule has 1 N–H and O–H groups in total. The van der Waals surface area contributed by atoms with Gasteiger partial charge in [0.1, 0.15) is 24.5 Å². The number of nitrogens with zero attached hydrogens (tertiary/aromatic N) is 4. The van der Waals surface area contributed by atoms with Crippen molar-refractivity contribution in [3.8, 4) is 6.07 Å². The molecule has 102 valence electrons. The number of aryl methyl sites for hydroxylation is 2. The maximum atomic E-state index is 8.58. The van der Waals surface area contributed by atoms with Crippen LogP contribution in [0.2, 0.25) is 0 Å². The number of benzene rings is 1. The Kier molecular flexibility index (Phi) is 4.16. The molecule has 0 atom stereocenters. The number of aromatic nitrogens is 2. The summed E-state index contributed by atoms with van der Waals surface area (Å²) in [6.07, 6.45) is 1.50. The summed E-state index contributed by atoms with van der Waals surface area (Å²) in [7, 11) is 1.97. The van der Waals surface area contributed by atoms with Crippen LogP contribution in [0.25, 0.3) is 0 Å². The number of rotatable bonds is 4. The Bertz CT molecular complexity index is 645. The van der Waals surface area contributed by atoms with E-state index < -0.39 is 0 Å². The molecule has 0 aliphatic carbocycles. The molecule has 2 aromatic rings. The Morgan fingerprint density at radius 1 is 1.25 bits per heavy atom. The van der Waals surface area contributed by atoms with Crippen molar-refractivity contribution in [2.45, 2.75) is 13.8 Å². The summed E-state index contributed by atoms with van der Waals surface area (Å²) in [5.41, 5.74) is 3.49. The molecule has 0 saturated heterocycles. The summed E-state index contributed by atoms with van der Waals surface area (Å²) >= 11 is 0. The van der Waals surface area contributed by atoms with Gasteiger partial charge in [-0.3, -0.25) is 0 Å². The minimum Gasteiger partial charge on any atom is -0.357 e. The molecule has 5 nitrogen and oxygen atoms in total. The third-order valence-electron chi connectivity index (χ3n) is 3.07. The fourth-order valence-corrected chi connectivity index (χ4v) is 1.96. The molecule has 20 heavy (non-hydrogen) atoms. The zero-order chi connectivity index (χ0) is 14.5. The van der Waals surface area contributed by atoms with E-state index in [1.54, 1.807) is 0 Å². The van der Waals surface area contributed by atoms with Gasteiger partial charge >= 0.3 is 0 Å². The predicted molar refractivity (Wildman–Crippen MR) is 80.1 cm³/mol. The van der Waals surface area contributed by atoms with Gasteiger partial charge in [-0.2, -0.15) is 5.26 Å². The lowest BCUT2D eigenvalue weighted by molar-refractivity contribution is 1.06. The van der Waals surface area contributed by atoms with Crippen molar-refractivity contribution >= 4 is 17.3 Å². The van der Waals surface area contributed by atoms with Gasteiger partial charge in [-0.05, 0) is 31.0 Å². The number of hydrogen-bond donors (Lipinski definition) is 1. The van der Waals surface area contributed by atoms with Crippen molar-refractivity contribution in [3.05, 3.63) is 41.7 Å². The van der Waals surface area contributed by atoms with E-state index in [2.05, 4.69) is 47.3 Å². The molecule has 0 fully saturated rings. The third kappa shape index (κ3) is 3.04. The summed E-state index contributed by atoms with van der Waals surface area (Å²) in [5.74, 6) is 1.43. The number of anilines is 3. The standard InChI is InChI=1S/C15H17N5/c1-11-4-5-12(2)13(8-11)20(3)15-9-14(17-7-6-16)18-10-19-15/h4-5,8-10H,7H2,1-3H3,(H,17,18,19). The highest BCUT2D eigenvalue weighted by Gasteiger charge is 2.09. The van der Waals surface area contributed by atoms with Crippen LogP contribution in [-0.4, -0.2) is 23.6 Å². The van der Waals surface area contributed by atoms with Crippen LogP contribution in [0.5, 0.6) is 0 Å². The van der Waals surface area contributed by atoms with Crippen molar-refractivity contribution < 1.29 is 0 Å². The summed E-state index contributed by atoms with van der Waals surface area (Å²) in [4.78, 5) is 10.4. The molecule has 0 radical (unpaired) electrons. The fraction of sp³-hybridized carbons (Fsp3) is 0.267. The molecule has 2 rings (SSSR count). The zero-order valence-corrected chi connectivity index (χ0v) is 11.9. The molecule has 0 bridgehead atoms. The second-order valence-corrected chi connectivity index (χ2v) is 4.62. The van der Waals surface area contributed by atoms with Crippen LogP contribution in [0.15, 0.2) is 30.6 Å². The van der Waals surface area contributed by atoms with Gasteiger partial charge < -0.3 is 10.2 Å². The number of nitrogens with one attached hydrogen (secondary N) is 1. The predicted octanol–water partition coefficient (Wildman–Crippen LogP) is 2.80. The summed E-state index contributed by atoms with van der Waals surface area (Å²) < 4.78 is 0. The second-order valence-electron chi connectivity index (χ2n) is 4.62. The first-order chi connectivity index (χ1) is 9.61. The second kappa shape index (κ2) is 6.02. The van der Waals surface area contributed by atoms with E-state index in [-0.39, 0.29) is 6.54 Å². The van der Waals surface area contributed by atoms with Gasteiger partial charge in [0, 0.05) is 18.8 Å². The van der Waals surface area contributed by atoms with E-state index in [4.69, 9.17) is 5.26 Å². The van der Waals surface area contributed by atoms with Crippen LogP contribution >= 0.6 is 0 Å². The Balaban J connectivity index is 2.31. The monoisotopic (exact) mass is 267 g/mol. The molecule has 1 aromatic heterocycles. The van der Waals surface area contributed by atoms with E-state index in [0.717, 1.165) is 11.5 Å². The van der Waals surface area contributed by atoms with Crippen LogP contribution in [0.3, 0.4) is 0 Å². The molecule has 0 amide bonds. The van der Waals surface area contributed by atoms with Gasteiger partial charge in [0.2, 0.25) is 0 Å². The van der Waals surface area contributed by atoms with Gasteiger partial charge in [-0.15, -0.1) is 0 Å². The molecule has 0 saturated carbocycles. The Hall–Kier alpha value is -2.61. The molecule has 0 aliphatic rings. The van der Waals surface area contributed by atoms with E-state index in [0.29, 0.717) is 5.82 Å². The van der Waals surface area contributed by atoms with Crippen LogP contribution in [0.4, 0.5) is 17.3 Å². The van der Waals surface area contributed by atoms with E-state index >= 15 is 0 Å². The van der Waals surface area contributed by atoms with Gasteiger partial charge in [0.15, 0.2) is 0 Å². The Morgan fingerprint density at radius 2 is 2.05 bits per heavy atom. The smallest absolute Gasteiger partial charge is 0.138 e. The van der Waals surface area contributed by atoms with E-state index in [1.165, 1.54) is 17.5 Å². The molecule has 5 heteroatoms. The molecule has 0 spiro atoms. The lowest BCUT2D eigenvalue weighted by Gasteiger charge is -2.21. The normalized spacial score (nSPS) is 9.90. The maximum absolute atomic E-state index is 8.58. The summed E-state index contributed by atoms with van der Waals surface area (Å²) in [6, 6.07) is 10.2. The molecule has 1 heterocycles. The lowest BCUT2D eigenvalue weighted by atomic mass is 10.1. The molecule has 0 unspecified atom stereocenters. The quantitative estimate of drug-likeness (QED) is 0.863. The highest BCUT2D eigenvalue weighted by atomic mass is 15.2. The van der Waals surface area contributed by atoms with Crippen molar-refractivity contribution in [2.24, 2.45) is 0 Å². The number of nitriles is 1. The number of hydrogen-bond acceptors (Lipinski definition) is 5. The SMILES string of the molecule is Cc1ccc(C)c(N(C)c2cc(NCC#N)ncn2)c1. The third-order valence-corrected chi connectivity index (χ3v) is 3.07. The molecule has 0 aliphatic heterocycles. The average molecular weight is 267 g/mol. The first-order valence-electron chi connectivity index (χ1n) is 6.35. The Labute approximate surface area is 118 Å². The molecule has 1 aromatic carbocycles. The van der Waals surface area contributed by atoms with Gasteiger partial charge in [0.05, 0.1) is 6.07 Å². The summed E-state index contributed by atoms with van der Waals surface area (Å²) in [6.45, 7) is 4.36. The average Bonchev–Trinajstić information content (AvgIpc) is 2.47. The minimum absolute atomic E-state index is 0.226. The highest BCUT2D eigenvalue weighted by Crippen LogP contribution is 2.26. The van der Waals surface area contributed by atoms with Crippen molar-refractivity contribution in [1.82, 2.24) is 9.97 Å². The van der Waals surface area contributed by atoms with Crippen molar-refractivity contribution in [3.63, 3.8) is 0 Å². The first kappa shape index (κ1) is 13.8. The summed E-state index contributed by atoms with van der Waals surface area (Å²) in [5, 5.41) is 11.5. The lowest BCUT2D eigenvalue weighted by Crippen LogP contribution is -2.13. The van der Waals surface area contributed by atoms with Crippen LogP contribution in [0.1, 0.15) is 11.1 Å². The van der Waals surface area contributed by atoms with Crippen molar-refractivity contribution in [1.29, 1.82) is 5.26 Å². The van der Waals surface area contributed by atoms with Gasteiger partial charge in [-0.1, -0.05) is 12.1 Å². The van der Waals surface area contributed by atoms with Crippen LogP contribution in [0, 0.1) is 25.2 Å². The maximum Gasteiger partial charge on any atom is 0.138 e. The fourth-order valence-electron chi connectivity index (χ4n) is 1.96. The first-order valence-corrected chi connectivity index (χ1v) is 6.35. The van der Waals surface area contributed by atoms with E-state index in [9.17, 15) is 0 Å². The van der Waals surface area contributed by atoms with Crippen LogP contribution < -0.4 is 10.2 Å². The molecular weight excluding hydrogens is 250 g/mol. The molecular formula is C15H17N5. The largest absolute Gasteiger partial charge is 0.357 e. The van der Waals surface area contributed by atoms with Crippen LogP contribution in [-0.2, 0) is 0 Å². The zero-order valence-electron chi connectivity index (χ0n) is 11.9. The minimum atomic E-state index is 0.226. The van der Waals surface area contributed by atoms with Crippen molar-refractivity contribution in [2.75, 3.05) is 23.8 Å². The van der Waals surface area contributed by atoms with Gasteiger partial charge in [-0.25, -0.2) is 9.97 Å². The van der Waals surface area contributed by atoms with Gasteiger partial charge in [0.25, 0.3) is 0 Å². The topological polar surface area (TPSA) is 64.8 Å². The highest BCUT2D eigenvalue weighted by molar-refractivity contribution is 5.65. The van der Waals surface area contributed by atoms with E-state index in [1.807, 2.05) is 24.1 Å².